The summed E-state index contributed by atoms with van der Waals surface area (Å²) >= 11 is 6.61. The summed E-state index contributed by atoms with van der Waals surface area (Å²) in [5.74, 6) is 1.71. The van der Waals surface area contributed by atoms with Gasteiger partial charge in [0.25, 0.3) is 0 Å². The van der Waals surface area contributed by atoms with E-state index in [2.05, 4.69) is 41.3 Å². The summed E-state index contributed by atoms with van der Waals surface area (Å²) in [6.07, 6.45) is 3.40. The van der Waals surface area contributed by atoms with Crippen molar-refractivity contribution in [3.63, 3.8) is 0 Å². The third-order valence-electron chi connectivity index (χ3n) is 5.48. The molecule has 3 nitrogen and oxygen atoms in total. The topological polar surface area (TPSA) is 38.5 Å². The highest BCUT2D eigenvalue weighted by Gasteiger charge is 2.18. The normalized spacial score (nSPS) is 18.2. The summed E-state index contributed by atoms with van der Waals surface area (Å²) in [5, 5.41) is 0.827. The lowest BCUT2D eigenvalue weighted by Crippen LogP contribution is -2.35. The van der Waals surface area contributed by atoms with Gasteiger partial charge in [-0.3, -0.25) is 4.90 Å². The number of hydrogen-bond acceptors (Lipinski definition) is 3. The lowest BCUT2D eigenvalue weighted by molar-refractivity contribution is 0.180. The van der Waals surface area contributed by atoms with Crippen molar-refractivity contribution >= 4 is 11.6 Å². The minimum atomic E-state index is 0.700. The molecule has 0 bridgehead atoms. The Morgan fingerprint density at radius 1 is 1.12 bits per heavy atom. The maximum atomic E-state index is 6.61. The number of nitrogens with two attached hydrogens (primary N) is 1. The molecule has 2 aliphatic heterocycles. The van der Waals surface area contributed by atoms with E-state index < -0.39 is 0 Å². The Balaban J connectivity index is 1.48. The zero-order valence-electron chi connectivity index (χ0n) is 14.5. The second-order valence-corrected chi connectivity index (χ2v) is 7.60. The summed E-state index contributed by atoms with van der Waals surface area (Å²) in [7, 11) is 0. The fourth-order valence-electron chi connectivity index (χ4n) is 3.88. The van der Waals surface area contributed by atoms with Crippen LogP contribution in [-0.2, 0) is 13.0 Å². The standard InChI is InChI=1S/C21H25ClN2O/c22-20-11-16(14-24-8-5-15(13-23)6-9-24)1-3-19(20)17-2-4-21-18(12-17)7-10-25-21/h1-4,11-12,15H,5-10,13-14,23H2. The lowest BCUT2D eigenvalue weighted by atomic mass is 9.96. The Morgan fingerprint density at radius 3 is 2.72 bits per heavy atom. The fraction of sp³-hybridized carbons (Fsp3) is 0.429. The van der Waals surface area contributed by atoms with E-state index in [9.17, 15) is 0 Å². The number of hydrogen-bond donors (Lipinski definition) is 1. The first-order chi connectivity index (χ1) is 12.2. The molecule has 2 heterocycles. The zero-order chi connectivity index (χ0) is 17.2. The molecule has 0 aromatic heterocycles. The Morgan fingerprint density at radius 2 is 1.96 bits per heavy atom. The van der Waals surface area contributed by atoms with Gasteiger partial charge >= 0.3 is 0 Å². The number of fused-ring (bicyclic) bond motifs is 1. The third kappa shape index (κ3) is 3.69. The molecule has 0 spiro atoms. The predicted octanol–water partition coefficient (Wildman–Crippen LogP) is 4.11. The van der Waals surface area contributed by atoms with Gasteiger partial charge in [-0.15, -0.1) is 0 Å². The Kier molecular flexibility index (Phi) is 4.98. The molecule has 132 valence electrons. The largest absolute Gasteiger partial charge is 0.493 e. The van der Waals surface area contributed by atoms with Gasteiger partial charge in [-0.25, -0.2) is 0 Å². The van der Waals surface area contributed by atoms with Crippen LogP contribution in [0.25, 0.3) is 11.1 Å². The van der Waals surface area contributed by atoms with E-state index in [0.717, 1.165) is 55.5 Å². The van der Waals surface area contributed by atoms with Gasteiger partial charge in [-0.05, 0) is 73.3 Å². The van der Waals surface area contributed by atoms with E-state index in [0.29, 0.717) is 5.92 Å². The second-order valence-electron chi connectivity index (χ2n) is 7.19. The summed E-state index contributed by atoms with van der Waals surface area (Å²) in [4.78, 5) is 2.50. The Hall–Kier alpha value is -1.55. The van der Waals surface area contributed by atoms with Crippen molar-refractivity contribution in [1.82, 2.24) is 4.90 Å². The highest BCUT2D eigenvalue weighted by Crippen LogP contribution is 2.34. The van der Waals surface area contributed by atoms with E-state index in [1.54, 1.807) is 0 Å². The van der Waals surface area contributed by atoms with Crippen LogP contribution in [0.1, 0.15) is 24.0 Å². The van der Waals surface area contributed by atoms with Crippen LogP contribution < -0.4 is 10.5 Å². The molecule has 0 saturated carbocycles. The summed E-state index contributed by atoms with van der Waals surface area (Å²) < 4.78 is 5.59. The molecular formula is C21H25ClN2O. The van der Waals surface area contributed by atoms with Gasteiger partial charge in [-0.2, -0.15) is 0 Å². The van der Waals surface area contributed by atoms with Crippen LogP contribution in [0.3, 0.4) is 0 Å². The van der Waals surface area contributed by atoms with Crippen LogP contribution in [0.4, 0.5) is 0 Å². The molecule has 2 N–H and O–H groups in total. The third-order valence-corrected chi connectivity index (χ3v) is 5.79. The van der Waals surface area contributed by atoms with Crippen molar-refractivity contribution in [2.75, 3.05) is 26.2 Å². The highest BCUT2D eigenvalue weighted by atomic mass is 35.5. The van der Waals surface area contributed by atoms with Crippen molar-refractivity contribution < 1.29 is 4.74 Å². The van der Waals surface area contributed by atoms with Gasteiger partial charge < -0.3 is 10.5 Å². The van der Waals surface area contributed by atoms with Crippen LogP contribution >= 0.6 is 11.6 Å². The summed E-state index contributed by atoms with van der Waals surface area (Å²) in [5.41, 5.74) is 10.6. The average Bonchev–Trinajstić information content (AvgIpc) is 3.10. The first-order valence-corrected chi connectivity index (χ1v) is 9.57. The highest BCUT2D eigenvalue weighted by molar-refractivity contribution is 6.33. The van der Waals surface area contributed by atoms with Gasteiger partial charge in [0.15, 0.2) is 0 Å². The van der Waals surface area contributed by atoms with E-state index in [1.807, 2.05) is 0 Å². The predicted molar refractivity (Wildman–Crippen MR) is 103 cm³/mol. The number of rotatable bonds is 4. The van der Waals surface area contributed by atoms with Gasteiger partial charge in [-0.1, -0.05) is 29.8 Å². The molecule has 2 aromatic rings. The van der Waals surface area contributed by atoms with Crippen molar-refractivity contribution in [3.8, 4) is 16.9 Å². The molecule has 0 radical (unpaired) electrons. The minimum absolute atomic E-state index is 0.700. The van der Waals surface area contributed by atoms with Crippen LogP contribution in [0, 0.1) is 5.92 Å². The molecule has 2 aliphatic rings. The maximum absolute atomic E-state index is 6.61. The molecule has 4 heteroatoms. The minimum Gasteiger partial charge on any atom is -0.493 e. The van der Waals surface area contributed by atoms with Crippen LogP contribution in [0.5, 0.6) is 5.75 Å². The number of nitrogens with zero attached hydrogens (tertiary/aromatic N) is 1. The smallest absolute Gasteiger partial charge is 0.122 e. The van der Waals surface area contributed by atoms with E-state index >= 15 is 0 Å². The van der Waals surface area contributed by atoms with Gasteiger partial charge in [0.2, 0.25) is 0 Å². The van der Waals surface area contributed by atoms with E-state index in [-0.39, 0.29) is 0 Å². The van der Waals surface area contributed by atoms with Crippen molar-refractivity contribution in [2.24, 2.45) is 11.7 Å². The fourth-order valence-corrected chi connectivity index (χ4v) is 4.20. The van der Waals surface area contributed by atoms with Gasteiger partial charge in [0.05, 0.1) is 6.61 Å². The first-order valence-electron chi connectivity index (χ1n) is 9.20. The quantitative estimate of drug-likeness (QED) is 0.895. The van der Waals surface area contributed by atoms with Gasteiger partial charge in [0.1, 0.15) is 5.75 Å². The molecule has 4 rings (SSSR count). The summed E-state index contributed by atoms with van der Waals surface area (Å²) in [6.45, 7) is 4.83. The monoisotopic (exact) mass is 356 g/mol. The van der Waals surface area contributed by atoms with Crippen molar-refractivity contribution in [1.29, 1.82) is 0 Å². The van der Waals surface area contributed by atoms with Gasteiger partial charge in [0, 0.05) is 23.6 Å². The van der Waals surface area contributed by atoms with Crippen LogP contribution in [0.15, 0.2) is 36.4 Å². The molecule has 1 fully saturated rings. The number of likely N-dealkylation sites (tertiary alicyclic amines) is 1. The average molecular weight is 357 g/mol. The molecule has 0 atom stereocenters. The van der Waals surface area contributed by atoms with Crippen molar-refractivity contribution in [3.05, 3.63) is 52.5 Å². The number of piperidine rings is 1. The lowest BCUT2D eigenvalue weighted by Gasteiger charge is -2.31. The second kappa shape index (κ2) is 7.36. The molecule has 0 aliphatic carbocycles. The Bertz CT molecular complexity index is 754. The molecule has 0 unspecified atom stereocenters. The van der Waals surface area contributed by atoms with Crippen LogP contribution in [0.2, 0.25) is 5.02 Å². The molecule has 0 amide bonds. The van der Waals surface area contributed by atoms with Crippen molar-refractivity contribution in [2.45, 2.75) is 25.8 Å². The number of benzene rings is 2. The van der Waals surface area contributed by atoms with E-state index in [4.69, 9.17) is 22.1 Å². The van der Waals surface area contributed by atoms with Crippen LogP contribution in [-0.4, -0.2) is 31.1 Å². The number of halogens is 1. The molecule has 1 saturated heterocycles. The molecule has 2 aromatic carbocycles. The zero-order valence-corrected chi connectivity index (χ0v) is 15.3. The molecular weight excluding hydrogens is 332 g/mol. The number of ether oxygens (including phenoxy) is 1. The van der Waals surface area contributed by atoms with E-state index in [1.165, 1.54) is 29.5 Å². The maximum Gasteiger partial charge on any atom is 0.122 e. The SMILES string of the molecule is NCC1CCN(Cc2ccc(-c3ccc4c(c3)CCO4)c(Cl)c2)CC1. The first kappa shape index (κ1) is 16.9. The Labute approximate surface area is 154 Å². The molecule has 25 heavy (non-hydrogen) atoms. The summed E-state index contributed by atoms with van der Waals surface area (Å²) in [6, 6.07) is 12.9.